The van der Waals surface area contributed by atoms with Gasteiger partial charge in [0.1, 0.15) is 5.75 Å². The van der Waals surface area contributed by atoms with Gasteiger partial charge in [-0.1, -0.05) is 18.2 Å². The number of benzene rings is 2. The van der Waals surface area contributed by atoms with Crippen LogP contribution in [0.25, 0.3) is 21.8 Å². The Balaban J connectivity index is 1.25. The largest absolute Gasteiger partial charge is 0.497 e. The van der Waals surface area contributed by atoms with Crippen molar-refractivity contribution in [3.05, 3.63) is 66.5 Å². The number of H-pyrrole nitrogens is 1. The van der Waals surface area contributed by atoms with Crippen LogP contribution in [0.15, 0.2) is 60.9 Å². The van der Waals surface area contributed by atoms with Crippen molar-refractivity contribution in [2.75, 3.05) is 31.6 Å². The summed E-state index contributed by atoms with van der Waals surface area (Å²) in [5.41, 5.74) is 4.43. The van der Waals surface area contributed by atoms with Crippen molar-refractivity contribution < 1.29 is 9.53 Å². The molecule has 0 saturated carbocycles. The van der Waals surface area contributed by atoms with Gasteiger partial charge in [-0.3, -0.25) is 9.78 Å². The number of hydrogen-bond donors (Lipinski definition) is 2. The minimum atomic E-state index is -0.0134. The van der Waals surface area contributed by atoms with Gasteiger partial charge in [-0.15, -0.1) is 0 Å². The van der Waals surface area contributed by atoms with E-state index in [0.29, 0.717) is 6.54 Å². The molecule has 164 valence electrons. The summed E-state index contributed by atoms with van der Waals surface area (Å²) in [6, 6.07) is 16.3. The number of aromatic amines is 1. The third-order valence-corrected chi connectivity index (χ3v) is 6.43. The second-order valence-corrected chi connectivity index (χ2v) is 8.40. The van der Waals surface area contributed by atoms with Gasteiger partial charge in [-0.05, 0) is 55.2 Å². The minimum Gasteiger partial charge on any atom is -0.497 e. The van der Waals surface area contributed by atoms with E-state index >= 15 is 0 Å². The number of pyridine rings is 1. The van der Waals surface area contributed by atoms with Crippen LogP contribution in [-0.2, 0) is 11.2 Å². The molecular weight excluding hydrogens is 400 g/mol. The van der Waals surface area contributed by atoms with Crippen LogP contribution in [0.4, 0.5) is 5.69 Å². The molecule has 0 aliphatic carbocycles. The number of carbonyl (C=O) groups excluding carboxylic acids is 1. The van der Waals surface area contributed by atoms with E-state index in [1.54, 1.807) is 7.11 Å². The number of fused-ring (bicyclic) bond motifs is 2. The highest BCUT2D eigenvalue weighted by Crippen LogP contribution is 2.31. The van der Waals surface area contributed by atoms with Crippen LogP contribution in [0.2, 0.25) is 0 Å². The van der Waals surface area contributed by atoms with E-state index in [1.807, 2.05) is 48.8 Å². The van der Waals surface area contributed by atoms with Crippen molar-refractivity contribution in [3.63, 3.8) is 0 Å². The Labute approximate surface area is 187 Å². The first kappa shape index (κ1) is 20.4. The van der Waals surface area contributed by atoms with Crippen molar-refractivity contribution in [1.29, 1.82) is 0 Å². The first-order valence-corrected chi connectivity index (χ1v) is 11.2. The highest BCUT2D eigenvalue weighted by Gasteiger charge is 2.26. The topological polar surface area (TPSA) is 70.2 Å². The number of anilines is 1. The normalized spacial score (nSPS) is 16.4. The monoisotopic (exact) mass is 428 g/mol. The number of ether oxygens (including phenoxy) is 1. The standard InChI is InChI=1S/C26H28N4O2/c1-32-20-8-9-24-22(15-20)25(11-13-27-24)30-14-4-5-19(17-30)26(31)28-12-10-18-16-29-23-7-3-2-6-21(18)23/h2-3,6-9,11,13,15-16,19,29H,4-5,10,12,14,17H2,1H3,(H,28,31). The molecule has 0 bridgehead atoms. The molecule has 1 aliphatic heterocycles. The fourth-order valence-corrected chi connectivity index (χ4v) is 4.73. The average Bonchev–Trinajstić information content (AvgIpc) is 3.26. The molecule has 1 amide bonds. The van der Waals surface area contributed by atoms with Gasteiger partial charge in [-0.2, -0.15) is 0 Å². The first-order chi connectivity index (χ1) is 15.7. The molecule has 6 heteroatoms. The smallest absolute Gasteiger partial charge is 0.224 e. The number of aromatic nitrogens is 2. The van der Waals surface area contributed by atoms with E-state index in [0.717, 1.165) is 60.2 Å². The zero-order valence-corrected chi connectivity index (χ0v) is 18.3. The Morgan fingerprint density at radius 1 is 1.22 bits per heavy atom. The van der Waals surface area contributed by atoms with Crippen molar-refractivity contribution in [3.8, 4) is 5.75 Å². The SMILES string of the molecule is COc1ccc2nccc(N3CCCC(C(=O)NCCc4c[nH]c5ccccc45)C3)c2c1. The lowest BCUT2D eigenvalue weighted by Gasteiger charge is -2.34. The van der Waals surface area contributed by atoms with Crippen molar-refractivity contribution in [1.82, 2.24) is 15.3 Å². The predicted octanol–water partition coefficient (Wildman–Crippen LogP) is 4.30. The molecule has 6 nitrogen and oxygen atoms in total. The lowest BCUT2D eigenvalue weighted by atomic mass is 9.96. The number of para-hydroxylation sites is 1. The van der Waals surface area contributed by atoms with Gasteiger partial charge in [-0.25, -0.2) is 0 Å². The summed E-state index contributed by atoms with van der Waals surface area (Å²) in [5.74, 6) is 0.946. The molecule has 1 aliphatic rings. The van der Waals surface area contributed by atoms with Crippen LogP contribution < -0.4 is 15.0 Å². The highest BCUT2D eigenvalue weighted by atomic mass is 16.5. The molecule has 2 N–H and O–H groups in total. The summed E-state index contributed by atoms with van der Waals surface area (Å²) in [6.45, 7) is 2.30. The molecule has 32 heavy (non-hydrogen) atoms. The summed E-state index contributed by atoms with van der Waals surface area (Å²) in [5, 5.41) is 5.46. The van der Waals surface area contributed by atoms with Crippen LogP contribution in [0.3, 0.4) is 0 Å². The number of rotatable bonds is 6. The Bertz CT molecular complexity index is 1250. The summed E-state index contributed by atoms with van der Waals surface area (Å²) in [7, 11) is 1.68. The van der Waals surface area contributed by atoms with Crippen molar-refractivity contribution in [2.24, 2.45) is 5.92 Å². The maximum atomic E-state index is 13.0. The number of nitrogens with one attached hydrogen (secondary N) is 2. The quantitative estimate of drug-likeness (QED) is 0.480. The Hall–Kier alpha value is -3.54. The molecule has 5 rings (SSSR count). The summed E-state index contributed by atoms with van der Waals surface area (Å²) >= 11 is 0. The van der Waals surface area contributed by atoms with E-state index < -0.39 is 0 Å². The number of carbonyl (C=O) groups is 1. The average molecular weight is 429 g/mol. The molecule has 1 unspecified atom stereocenters. The first-order valence-electron chi connectivity index (χ1n) is 11.2. The fourth-order valence-electron chi connectivity index (χ4n) is 4.73. The Morgan fingerprint density at radius 3 is 3.03 bits per heavy atom. The molecule has 1 saturated heterocycles. The molecule has 0 spiro atoms. The van der Waals surface area contributed by atoms with Crippen LogP contribution in [0.1, 0.15) is 18.4 Å². The third-order valence-electron chi connectivity index (χ3n) is 6.43. The van der Waals surface area contributed by atoms with E-state index in [2.05, 4.69) is 32.3 Å². The third kappa shape index (κ3) is 4.00. The highest BCUT2D eigenvalue weighted by molar-refractivity contribution is 5.93. The molecule has 4 aromatic rings. The minimum absolute atomic E-state index is 0.0134. The van der Waals surface area contributed by atoms with Gasteiger partial charge in [0.15, 0.2) is 0 Å². The molecule has 1 fully saturated rings. The van der Waals surface area contributed by atoms with E-state index in [9.17, 15) is 4.79 Å². The number of nitrogens with zero attached hydrogens (tertiary/aromatic N) is 2. The predicted molar refractivity (Wildman–Crippen MR) is 128 cm³/mol. The van der Waals surface area contributed by atoms with E-state index in [4.69, 9.17) is 4.74 Å². The second kappa shape index (κ2) is 8.91. The van der Waals surface area contributed by atoms with Crippen LogP contribution in [-0.4, -0.2) is 42.6 Å². The molecule has 3 heterocycles. The lowest BCUT2D eigenvalue weighted by molar-refractivity contribution is -0.125. The summed E-state index contributed by atoms with van der Waals surface area (Å²) < 4.78 is 5.41. The number of piperidine rings is 1. The van der Waals surface area contributed by atoms with Gasteiger partial charge >= 0.3 is 0 Å². The molecule has 2 aromatic carbocycles. The van der Waals surface area contributed by atoms with Crippen molar-refractivity contribution in [2.45, 2.75) is 19.3 Å². The molecule has 2 aromatic heterocycles. The Kier molecular flexibility index (Phi) is 5.67. The van der Waals surface area contributed by atoms with Crippen LogP contribution >= 0.6 is 0 Å². The van der Waals surface area contributed by atoms with Gasteiger partial charge in [0.25, 0.3) is 0 Å². The maximum absolute atomic E-state index is 13.0. The van der Waals surface area contributed by atoms with Crippen LogP contribution in [0, 0.1) is 5.92 Å². The van der Waals surface area contributed by atoms with Gasteiger partial charge in [0, 0.05) is 54.0 Å². The molecule has 1 atom stereocenters. The number of methoxy groups -OCH3 is 1. The van der Waals surface area contributed by atoms with E-state index in [1.165, 1.54) is 10.9 Å². The number of amides is 1. The van der Waals surface area contributed by atoms with Crippen molar-refractivity contribution >= 4 is 33.4 Å². The van der Waals surface area contributed by atoms with E-state index in [-0.39, 0.29) is 11.8 Å². The van der Waals surface area contributed by atoms with Gasteiger partial charge in [0.05, 0.1) is 18.5 Å². The summed E-state index contributed by atoms with van der Waals surface area (Å²) in [6.07, 6.45) is 6.62. The maximum Gasteiger partial charge on any atom is 0.224 e. The second-order valence-electron chi connectivity index (χ2n) is 8.40. The zero-order chi connectivity index (χ0) is 21.9. The Morgan fingerprint density at radius 2 is 2.12 bits per heavy atom. The molecule has 0 radical (unpaired) electrons. The van der Waals surface area contributed by atoms with Gasteiger partial charge in [0.2, 0.25) is 5.91 Å². The zero-order valence-electron chi connectivity index (χ0n) is 18.3. The lowest BCUT2D eigenvalue weighted by Crippen LogP contribution is -2.43. The molecular formula is C26H28N4O2. The van der Waals surface area contributed by atoms with Gasteiger partial charge < -0.3 is 19.9 Å². The fraction of sp³-hybridized carbons (Fsp3) is 0.308. The summed E-state index contributed by atoms with van der Waals surface area (Å²) in [4.78, 5) is 23.1. The number of hydrogen-bond acceptors (Lipinski definition) is 4. The van der Waals surface area contributed by atoms with Crippen LogP contribution in [0.5, 0.6) is 5.75 Å².